The van der Waals surface area contributed by atoms with Crippen molar-refractivity contribution in [2.24, 2.45) is 0 Å². The summed E-state index contributed by atoms with van der Waals surface area (Å²) in [7, 11) is 6.40. The fourth-order valence-corrected chi connectivity index (χ4v) is 7.39. The molecule has 2 fully saturated rings. The quantitative estimate of drug-likeness (QED) is 0.103. The number of amides is 2. The van der Waals surface area contributed by atoms with E-state index in [1.807, 2.05) is 97.1 Å². The molecule has 0 bridgehead atoms. The molecule has 0 aliphatic carbocycles. The minimum atomic E-state index is -0.870. The molecule has 19 heteroatoms. The van der Waals surface area contributed by atoms with E-state index in [9.17, 15) is 9.59 Å². The van der Waals surface area contributed by atoms with E-state index in [0.717, 1.165) is 22.3 Å². The number of nitrogens with zero attached hydrogens (tertiary/aromatic N) is 6. The number of hydrazine groups is 2. The van der Waals surface area contributed by atoms with Crippen LogP contribution in [0.5, 0.6) is 23.0 Å². The van der Waals surface area contributed by atoms with Crippen LogP contribution in [0.25, 0.3) is 45.0 Å². The van der Waals surface area contributed by atoms with E-state index >= 15 is 0 Å². The number of imidazole rings is 2. The standard InChI is InChI=1S/C44H46N8O10S/c1-55-33-13-5-29(6-14-33)37-38(30-7-15-34(56-2)16-8-30)46-41(45-37)51(49-21-25-59-26-22-49)43(53)61-63-62-44(54)52(50-23-27-60-28-24-50)42-47-39(31-9-17-35(57-3)18-10-31)40(48-42)32-11-19-36(58-4)20-12-32/h5-20H,21-28H2,1-4H3,(H,45,46)(H,47,48). The summed E-state index contributed by atoms with van der Waals surface area (Å²) in [5.41, 5.74) is 5.58. The van der Waals surface area contributed by atoms with Gasteiger partial charge < -0.3 is 46.8 Å². The molecule has 63 heavy (non-hydrogen) atoms. The minimum Gasteiger partial charge on any atom is -0.497 e. The smallest absolute Gasteiger partial charge is 0.446 e. The highest BCUT2D eigenvalue weighted by Gasteiger charge is 2.34. The first-order valence-electron chi connectivity index (χ1n) is 20.0. The Morgan fingerprint density at radius 2 is 0.810 bits per heavy atom. The van der Waals surface area contributed by atoms with E-state index in [2.05, 4.69) is 9.97 Å². The lowest BCUT2D eigenvalue weighted by atomic mass is 10.0. The zero-order chi connectivity index (χ0) is 43.7. The van der Waals surface area contributed by atoms with Crippen molar-refractivity contribution in [2.45, 2.75) is 0 Å². The summed E-state index contributed by atoms with van der Waals surface area (Å²) < 4.78 is 44.1. The van der Waals surface area contributed by atoms with E-state index < -0.39 is 12.2 Å². The zero-order valence-electron chi connectivity index (χ0n) is 35.1. The third kappa shape index (κ3) is 9.67. The highest BCUT2D eigenvalue weighted by atomic mass is 32.2. The Morgan fingerprint density at radius 3 is 1.11 bits per heavy atom. The van der Waals surface area contributed by atoms with Gasteiger partial charge in [0, 0.05) is 48.4 Å². The fraction of sp³-hybridized carbons (Fsp3) is 0.273. The molecule has 4 aromatic carbocycles. The largest absolute Gasteiger partial charge is 0.497 e. The molecule has 0 spiro atoms. The number of hydrogen-bond acceptors (Lipinski definition) is 15. The lowest BCUT2D eigenvalue weighted by Crippen LogP contribution is -2.52. The van der Waals surface area contributed by atoms with Crippen LogP contribution >= 0.6 is 12.3 Å². The molecule has 2 aliphatic rings. The monoisotopic (exact) mass is 878 g/mol. The predicted octanol–water partition coefficient (Wildman–Crippen LogP) is 7.48. The highest BCUT2D eigenvalue weighted by Crippen LogP contribution is 2.37. The van der Waals surface area contributed by atoms with Crippen LogP contribution in [0.15, 0.2) is 97.1 Å². The lowest BCUT2D eigenvalue weighted by Gasteiger charge is -2.34. The van der Waals surface area contributed by atoms with Gasteiger partial charge in [-0.15, -0.1) is 0 Å². The van der Waals surface area contributed by atoms with Crippen molar-refractivity contribution in [3.8, 4) is 68.0 Å². The first-order valence-corrected chi connectivity index (χ1v) is 20.7. The van der Waals surface area contributed by atoms with Crippen LogP contribution in [0.3, 0.4) is 0 Å². The van der Waals surface area contributed by atoms with E-state index in [0.29, 0.717) is 98.4 Å². The maximum atomic E-state index is 14.2. The fourth-order valence-electron chi connectivity index (χ4n) is 7.10. The third-order valence-corrected chi connectivity index (χ3v) is 10.8. The molecule has 0 unspecified atom stereocenters. The maximum absolute atomic E-state index is 14.2. The molecule has 2 aromatic heterocycles. The summed E-state index contributed by atoms with van der Waals surface area (Å²) in [4.78, 5) is 45.1. The number of ether oxygens (including phenoxy) is 6. The summed E-state index contributed by atoms with van der Waals surface area (Å²) in [6, 6.07) is 29.9. The van der Waals surface area contributed by atoms with Crippen LogP contribution in [0.2, 0.25) is 0 Å². The lowest BCUT2D eigenvalue weighted by molar-refractivity contribution is 0.0318. The maximum Gasteiger partial charge on any atom is 0.446 e. The van der Waals surface area contributed by atoms with Crippen LogP contribution in [0, 0.1) is 0 Å². The number of H-pyrrole nitrogens is 2. The number of rotatable bonds is 14. The second kappa shape index (κ2) is 20.0. The van der Waals surface area contributed by atoms with Crippen LogP contribution in [0.1, 0.15) is 0 Å². The molecule has 328 valence electrons. The molecule has 0 saturated carbocycles. The Kier molecular flexibility index (Phi) is 13.6. The van der Waals surface area contributed by atoms with Gasteiger partial charge in [-0.1, -0.05) is 0 Å². The van der Waals surface area contributed by atoms with E-state index in [1.165, 1.54) is 10.0 Å². The molecule has 18 nitrogen and oxygen atoms in total. The Morgan fingerprint density at radius 1 is 0.508 bits per heavy atom. The van der Waals surface area contributed by atoms with Gasteiger partial charge in [0.15, 0.2) is 0 Å². The molecule has 2 aliphatic heterocycles. The minimum absolute atomic E-state index is 0.174. The SMILES string of the molecule is COc1ccc(-c2nc(N(C(=O)OSOC(=O)N(c3nc(-c4ccc(OC)cc4)c(-c4ccc(OC)cc4)[nH]3)N3CCOCC3)N3CCOCC3)[nH]c2-c2ccc(OC)cc2)cc1. The van der Waals surface area contributed by atoms with Crippen molar-refractivity contribution in [1.82, 2.24) is 30.0 Å². The Balaban J connectivity index is 1.08. The second-order valence-electron chi connectivity index (χ2n) is 14.0. The normalized spacial score (nSPS) is 14.4. The topological polar surface area (TPSA) is 178 Å². The molecule has 8 rings (SSSR count). The van der Waals surface area contributed by atoms with Crippen LogP contribution in [-0.4, -0.2) is 123 Å². The van der Waals surface area contributed by atoms with E-state index in [-0.39, 0.29) is 24.2 Å². The number of nitrogens with one attached hydrogen (secondary N) is 2. The summed E-state index contributed by atoms with van der Waals surface area (Å²) in [5, 5.41) is 6.09. The van der Waals surface area contributed by atoms with Gasteiger partial charge in [0.05, 0.1) is 77.6 Å². The van der Waals surface area contributed by atoms with E-state index in [4.69, 9.17) is 46.8 Å². The number of benzene rings is 4. The van der Waals surface area contributed by atoms with Crippen molar-refractivity contribution in [3.63, 3.8) is 0 Å². The van der Waals surface area contributed by atoms with Crippen LogP contribution in [-0.2, 0) is 17.8 Å². The Bertz CT molecular complexity index is 2150. The van der Waals surface area contributed by atoms with Gasteiger partial charge in [-0.25, -0.2) is 29.6 Å². The zero-order valence-corrected chi connectivity index (χ0v) is 35.9. The van der Waals surface area contributed by atoms with Gasteiger partial charge in [0.2, 0.25) is 11.9 Å². The van der Waals surface area contributed by atoms with E-state index in [1.54, 1.807) is 38.5 Å². The number of hydrogen-bond donors (Lipinski definition) is 2. The number of aromatic amines is 2. The number of carbonyl (C=O) groups is 2. The molecule has 2 N–H and O–H groups in total. The average Bonchev–Trinajstić information content (AvgIpc) is 3.98. The summed E-state index contributed by atoms with van der Waals surface area (Å²) in [6.45, 7) is 2.85. The van der Waals surface area contributed by atoms with Crippen molar-refractivity contribution in [3.05, 3.63) is 97.1 Å². The summed E-state index contributed by atoms with van der Waals surface area (Å²) in [6.07, 6.45) is -1.74. The molecule has 2 amide bonds. The summed E-state index contributed by atoms with van der Waals surface area (Å²) in [5.74, 6) is 3.08. The molecule has 0 radical (unpaired) electrons. The third-order valence-electron chi connectivity index (χ3n) is 10.4. The number of aromatic nitrogens is 4. The van der Waals surface area contributed by atoms with Gasteiger partial charge in [-0.2, -0.15) is 10.0 Å². The molecular weight excluding hydrogens is 833 g/mol. The van der Waals surface area contributed by atoms with Crippen molar-refractivity contribution >= 4 is 36.4 Å². The number of anilines is 2. The van der Waals surface area contributed by atoms with Crippen molar-refractivity contribution < 1.29 is 46.4 Å². The molecule has 6 aromatic rings. The highest BCUT2D eigenvalue weighted by molar-refractivity contribution is 7.90. The molecule has 2 saturated heterocycles. The number of carbonyl (C=O) groups excluding carboxylic acids is 2. The van der Waals surface area contributed by atoms with Gasteiger partial charge in [-0.3, -0.25) is 0 Å². The first-order chi connectivity index (χ1) is 30.9. The molecule has 4 heterocycles. The second-order valence-corrected chi connectivity index (χ2v) is 14.5. The summed E-state index contributed by atoms with van der Waals surface area (Å²) >= 11 is 0.230. The van der Waals surface area contributed by atoms with Crippen LogP contribution < -0.4 is 29.0 Å². The number of methoxy groups -OCH3 is 4. The Labute approximate surface area is 367 Å². The number of morpholine rings is 2. The van der Waals surface area contributed by atoms with Crippen molar-refractivity contribution in [2.75, 3.05) is 91.1 Å². The first kappa shape index (κ1) is 42.9. The molecule has 0 atom stereocenters. The van der Waals surface area contributed by atoms with Crippen LogP contribution in [0.4, 0.5) is 21.5 Å². The van der Waals surface area contributed by atoms with Gasteiger partial charge >= 0.3 is 24.5 Å². The molecular formula is C44H46N8O10S. The van der Waals surface area contributed by atoms with Crippen molar-refractivity contribution in [1.29, 1.82) is 0 Å². The average molecular weight is 879 g/mol. The predicted molar refractivity (Wildman–Crippen MR) is 235 cm³/mol. The van der Waals surface area contributed by atoms with Gasteiger partial charge in [0.1, 0.15) is 23.0 Å². The van der Waals surface area contributed by atoms with Gasteiger partial charge in [-0.05, 0) is 97.1 Å². The Hall–Kier alpha value is -6.77. The van der Waals surface area contributed by atoms with Gasteiger partial charge in [0.25, 0.3) is 0 Å².